The van der Waals surface area contributed by atoms with Crippen LogP contribution in [0, 0.1) is 6.92 Å². The predicted molar refractivity (Wildman–Crippen MR) is 61.6 cm³/mol. The molecule has 2 rings (SSSR count). The van der Waals surface area contributed by atoms with Crippen LogP contribution in [0.5, 0.6) is 5.75 Å². The predicted octanol–water partition coefficient (Wildman–Crippen LogP) is 2.55. The number of benzene rings is 1. The lowest BCUT2D eigenvalue weighted by Gasteiger charge is -2.05. The lowest BCUT2D eigenvalue weighted by Crippen LogP contribution is -2.12. The van der Waals surface area contributed by atoms with Gasteiger partial charge in [-0.1, -0.05) is 17.7 Å². The molecular formula is C13H13NO2. The molecule has 0 fully saturated rings. The molecule has 0 radical (unpaired) electrons. The molecule has 82 valence electrons. The number of aryl methyl sites for hydroxylation is 2. The zero-order valence-electron chi connectivity index (χ0n) is 9.31. The average molecular weight is 215 g/mol. The Morgan fingerprint density at radius 2 is 1.88 bits per heavy atom. The van der Waals surface area contributed by atoms with Crippen LogP contribution < -0.4 is 4.74 Å². The Morgan fingerprint density at radius 3 is 2.44 bits per heavy atom. The van der Waals surface area contributed by atoms with Gasteiger partial charge in [-0.2, -0.15) is 0 Å². The third-order valence-corrected chi connectivity index (χ3v) is 2.38. The molecule has 3 nitrogen and oxygen atoms in total. The summed E-state index contributed by atoms with van der Waals surface area (Å²) in [6.45, 7) is 1.99. The molecule has 1 aromatic heterocycles. The molecular weight excluding hydrogens is 202 g/mol. The molecule has 0 unspecified atom stereocenters. The maximum absolute atomic E-state index is 11.7. The zero-order valence-corrected chi connectivity index (χ0v) is 9.31. The fourth-order valence-electron chi connectivity index (χ4n) is 1.44. The van der Waals surface area contributed by atoms with E-state index in [0.29, 0.717) is 11.4 Å². The van der Waals surface area contributed by atoms with E-state index in [9.17, 15) is 4.79 Å². The fraction of sp³-hybridized carbons (Fsp3) is 0.154. The molecule has 0 bridgehead atoms. The largest absolute Gasteiger partial charge is 0.422 e. The van der Waals surface area contributed by atoms with Crippen molar-refractivity contribution in [2.75, 3.05) is 0 Å². The summed E-state index contributed by atoms with van der Waals surface area (Å²) in [5.41, 5.74) is 1.68. The number of esters is 1. The van der Waals surface area contributed by atoms with Crippen LogP contribution in [0.4, 0.5) is 0 Å². The normalized spacial score (nSPS) is 10.1. The number of ether oxygens (including phenoxy) is 1. The second-order valence-electron chi connectivity index (χ2n) is 3.71. The highest BCUT2D eigenvalue weighted by molar-refractivity contribution is 5.89. The van der Waals surface area contributed by atoms with Gasteiger partial charge >= 0.3 is 5.97 Å². The highest BCUT2D eigenvalue weighted by atomic mass is 16.5. The Bertz CT molecular complexity index is 497. The maximum atomic E-state index is 11.7. The lowest BCUT2D eigenvalue weighted by atomic mass is 10.2. The van der Waals surface area contributed by atoms with Gasteiger partial charge in [-0.05, 0) is 31.2 Å². The molecule has 0 aliphatic carbocycles. The van der Waals surface area contributed by atoms with Gasteiger partial charge in [0.15, 0.2) is 0 Å². The fourth-order valence-corrected chi connectivity index (χ4v) is 1.44. The van der Waals surface area contributed by atoms with Crippen molar-refractivity contribution in [2.24, 2.45) is 7.05 Å². The van der Waals surface area contributed by atoms with Gasteiger partial charge in [-0.15, -0.1) is 0 Å². The van der Waals surface area contributed by atoms with Gasteiger partial charge in [0.1, 0.15) is 11.4 Å². The topological polar surface area (TPSA) is 31.2 Å². The van der Waals surface area contributed by atoms with Crippen molar-refractivity contribution in [3.63, 3.8) is 0 Å². The van der Waals surface area contributed by atoms with Gasteiger partial charge < -0.3 is 9.30 Å². The maximum Gasteiger partial charge on any atom is 0.360 e. The van der Waals surface area contributed by atoms with E-state index in [4.69, 9.17) is 4.74 Å². The van der Waals surface area contributed by atoms with Crippen molar-refractivity contribution in [3.8, 4) is 5.75 Å². The molecule has 0 saturated carbocycles. The van der Waals surface area contributed by atoms with Crippen LogP contribution in [0.25, 0.3) is 0 Å². The molecule has 0 amide bonds. The highest BCUT2D eigenvalue weighted by Gasteiger charge is 2.10. The van der Waals surface area contributed by atoms with Crippen LogP contribution >= 0.6 is 0 Å². The Balaban J connectivity index is 2.14. The second-order valence-corrected chi connectivity index (χ2v) is 3.71. The number of carbonyl (C=O) groups is 1. The molecule has 1 heterocycles. The summed E-state index contributed by atoms with van der Waals surface area (Å²) >= 11 is 0. The van der Waals surface area contributed by atoms with Crippen molar-refractivity contribution < 1.29 is 9.53 Å². The van der Waals surface area contributed by atoms with Gasteiger partial charge in [0.25, 0.3) is 0 Å². The molecule has 16 heavy (non-hydrogen) atoms. The van der Waals surface area contributed by atoms with Gasteiger partial charge in [0.05, 0.1) is 0 Å². The second kappa shape index (κ2) is 4.23. The van der Waals surface area contributed by atoms with E-state index in [1.807, 2.05) is 38.4 Å². The molecule has 3 heteroatoms. The van der Waals surface area contributed by atoms with E-state index < -0.39 is 0 Å². The highest BCUT2D eigenvalue weighted by Crippen LogP contribution is 2.13. The number of aromatic nitrogens is 1. The first-order valence-electron chi connectivity index (χ1n) is 5.07. The number of hydrogen-bond acceptors (Lipinski definition) is 2. The molecule has 1 aromatic carbocycles. The number of carbonyl (C=O) groups excluding carboxylic acids is 1. The molecule has 0 aliphatic heterocycles. The Kier molecular flexibility index (Phi) is 2.77. The van der Waals surface area contributed by atoms with Crippen LogP contribution in [-0.2, 0) is 7.05 Å². The summed E-state index contributed by atoms with van der Waals surface area (Å²) in [6.07, 6.45) is 1.81. The van der Waals surface area contributed by atoms with Gasteiger partial charge in [0.2, 0.25) is 0 Å². The van der Waals surface area contributed by atoms with Crippen molar-refractivity contribution in [2.45, 2.75) is 6.92 Å². The third-order valence-electron chi connectivity index (χ3n) is 2.38. The van der Waals surface area contributed by atoms with E-state index in [-0.39, 0.29) is 5.97 Å². The van der Waals surface area contributed by atoms with Crippen molar-refractivity contribution in [3.05, 3.63) is 53.9 Å². The van der Waals surface area contributed by atoms with E-state index >= 15 is 0 Å². The Labute approximate surface area is 94.3 Å². The first-order valence-corrected chi connectivity index (χ1v) is 5.07. The molecule has 0 saturated heterocycles. The molecule has 0 N–H and O–H groups in total. The van der Waals surface area contributed by atoms with Crippen LogP contribution in [0.3, 0.4) is 0 Å². The van der Waals surface area contributed by atoms with Crippen LogP contribution in [0.1, 0.15) is 16.1 Å². The molecule has 0 spiro atoms. The van der Waals surface area contributed by atoms with Crippen molar-refractivity contribution in [1.29, 1.82) is 0 Å². The molecule has 2 aromatic rings. The van der Waals surface area contributed by atoms with Crippen LogP contribution in [0.15, 0.2) is 42.6 Å². The van der Waals surface area contributed by atoms with Crippen molar-refractivity contribution in [1.82, 2.24) is 4.57 Å². The quantitative estimate of drug-likeness (QED) is 0.569. The average Bonchev–Trinajstić information content (AvgIpc) is 2.68. The summed E-state index contributed by atoms with van der Waals surface area (Å²) in [4.78, 5) is 11.7. The number of hydrogen-bond donors (Lipinski definition) is 0. The summed E-state index contributed by atoms with van der Waals surface area (Å²) in [6, 6.07) is 10.9. The summed E-state index contributed by atoms with van der Waals surface area (Å²) in [5, 5.41) is 0. The number of rotatable bonds is 2. The first-order chi connectivity index (χ1) is 7.66. The zero-order chi connectivity index (χ0) is 11.5. The van der Waals surface area contributed by atoms with Crippen LogP contribution in [0.2, 0.25) is 0 Å². The van der Waals surface area contributed by atoms with Crippen LogP contribution in [-0.4, -0.2) is 10.5 Å². The van der Waals surface area contributed by atoms with Gasteiger partial charge in [-0.3, -0.25) is 0 Å². The SMILES string of the molecule is Cc1ccc(OC(=O)c2cccn2C)cc1. The standard InChI is InChI=1S/C13H13NO2/c1-10-5-7-11(8-6-10)16-13(15)12-4-3-9-14(12)2/h3-9H,1-2H3. The van der Waals surface area contributed by atoms with Crippen molar-refractivity contribution >= 4 is 5.97 Å². The molecule has 0 aliphatic rings. The lowest BCUT2D eigenvalue weighted by molar-refractivity contribution is 0.0725. The van der Waals surface area contributed by atoms with Gasteiger partial charge in [-0.25, -0.2) is 4.79 Å². The van der Waals surface area contributed by atoms with E-state index in [0.717, 1.165) is 5.56 Å². The first kappa shape index (κ1) is 10.5. The summed E-state index contributed by atoms with van der Waals surface area (Å²) in [7, 11) is 1.81. The Morgan fingerprint density at radius 1 is 1.19 bits per heavy atom. The van der Waals surface area contributed by atoms with E-state index in [1.54, 1.807) is 22.8 Å². The van der Waals surface area contributed by atoms with Gasteiger partial charge in [0, 0.05) is 13.2 Å². The minimum atomic E-state index is -0.337. The van der Waals surface area contributed by atoms with E-state index in [2.05, 4.69) is 0 Å². The minimum absolute atomic E-state index is 0.337. The summed E-state index contributed by atoms with van der Waals surface area (Å²) < 4.78 is 6.97. The van der Waals surface area contributed by atoms with E-state index in [1.165, 1.54) is 0 Å². The number of nitrogens with zero attached hydrogens (tertiary/aromatic N) is 1. The molecule has 0 atom stereocenters. The minimum Gasteiger partial charge on any atom is -0.422 e. The Hall–Kier alpha value is -2.03. The smallest absolute Gasteiger partial charge is 0.360 e. The summed E-state index contributed by atoms with van der Waals surface area (Å²) in [5.74, 6) is 0.230. The third kappa shape index (κ3) is 2.14. The monoisotopic (exact) mass is 215 g/mol.